The van der Waals surface area contributed by atoms with Crippen LogP contribution in [-0.2, 0) is 19.7 Å². The Balaban J connectivity index is 3.40. The van der Waals surface area contributed by atoms with Crippen LogP contribution in [0.5, 0.6) is 0 Å². The summed E-state index contributed by atoms with van der Waals surface area (Å²) < 4.78 is 46.9. The molecule has 1 rings (SSSR count). The Hall–Kier alpha value is -1.08. The largest absolute Gasteiger partial charge is 0.374 e. The Bertz CT molecular complexity index is 678. The van der Waals surface area contributed by atoms with Crippen molar-refractivity contribution in [2.24, 2.45) is 0 Å². The van der Waals surface area contributed by atoms with E-state index in [-0.39, 0.29) is 9.79 Å². The molecule has 7 heteroatoms. The molecular weight excluding hydrogens is 298 g/mol. The molecule has 0 aliphatic rings. The van der Waals surface area contributed by atoms with Gasteiger partial charge in [-0.15, -0.1) is 0 Å². The molecular formula is C13H21NO4S2. The molecule has 0 atom stereocenters. The Morgan fingerprint density at radius 1 is 1.05 bits per heavy atom. The summed E-state index contributed by atoms with van der Waals surface area (Å²) in [6.45, 7) is 2.77. The molecule has 0 amide bonds. The van der Waals surface area contributed by atoms with Gasteiger partial charge < -0.3 is 4.90 Å². The van der Waals surface area contributed by atoms with Gasteiger partial charge >= 0.3 is 0 Å². The molecule has 0 aliphatic heterocycles. The fourth-order valence-corrected chi connectivity index (χ4v) is 3.52. The standard InChI is InChI=1S/C13H21NO4S2/c1-5-6-9-14(2)12-8-7-11(19(3,15)16)10-13(12)20(4,17)18/h7-8,10H,5-6,9H2,1-4H3. The molecule has 1 aromatic carbocycles. The summed E-state index contributed by atoms with van der Waals surface area (Å²) in [5.41, 5.74) is 0.536. The zero-order valence-electron chi connectivity index (χ0n) is 12.3. The van der Waals surface area contributed by atoms with Crippen LogP contribution in [0.25, 0.3) is 0 Å². The van der Waals surface area contributed by atoms with Crippen molar-refractivity contribution in [3.05, 3.63) is 18.2 Å². The molecule has 114 valence electrons. The van der Waals surface area contributed by atoms with Crippen LogP contribution in [0, 0.1) is 0 Å². The lowest BCUT2D eigenvalue weighted by Crippen LogP contribution is -2.21. The topological polar surface area (TPSA) is 71.5 Å². The van der Waals surface area contributed by atoms with Gasteiger partial charge in [0.05, 0.1) is 15.5 Å². The third kappa shape index (κ3) is 4.21. The highest BCUT2D eigenvalue weighted by molar-refractivity contribution is 7.91. The molecule has 0 spiro atoms. The Morgan fingerprint density at radius 3 is 2.10 bits per heavy atom. The maximum atomic E-state index is 11.9. The fraction of sp³-hybridized carbons (Fsp3) is 0.538. The number of benzene rings is 1. The molecule has 0 radical (unpaired) electrons. The van der Waals surface area contributed by atoms with Crippen LogP contribution in [0.1, 0.15) is 19.8 Å². The van der Waals surface area contributed by atoms with Crippen LogP contribution in [0.2, 0.25) is 0 Å². The molecule has 0 fully saturated rings. The van der Waals surface area contributed by atoms with Crippen LogP contribution in [0.3, 0.4) is 0 Å². The lowest BCUT2D eigenvalue weighted by atomic mass is 10.2. The first-order chi connectivity index (χ1) is 9.07. The van der Waals surface area contributed by atoms with Gasteiger partial charge in [-0.05, 0) is 24.6 Å². The minimum atomic E-state index is -3.49. The Labute approximate surface area is 121 Å². The summed E-state index contributed by atoms with van der Waals surface area (Å²) in [6, 6.07) is 4.24. The molecule has 0 N–H and O–H groups in total. The molecule has 0 heterocycles. The van der Waals surface area contributed by atoms with Crippen molar-refractivity contribution in [2.45, 2.75) is 29.6 Å². The number of hydrogen-bond donors (Lipinski definition) is 0. The lowest BCUT2D eigenvalue weighted by Gasteiger charge is -2.22. The van der Waals surface area contributed by atoms with Crippen molar-refractivity contribution in [1.82, 2.24) is 0 Å². The normalized spacial score (nSPS) is 12.4. The maximum absolute atomic E-state index is 11.9. The van der Waals surface area contributed by atoms with E-state index in [4.69, 9.17) is 0 Å². The Morgan fingerprint density at radius 2 is 1.65 bits per heavy atom. The minimum absolute atomic E-state index is 0.0190. The third-order valence-corrected chi connectivity index (χ3v) is 5.25. The van der Waals surface area contributed by atoms with Gasteiger partial charge in [0.15, 0.2) is 19.7 Å². The molecule has 0 unspecified atom stereocenters. The summed E-state index contributed by atoms with van der Waals surface area (Å²) in [6.07, 6.45) is 4.09. The van der Waals surface area contributed by atoms with Crippen LogP contribution < -0.4 is 4.90 Å². The monoisotopic (exact) mass is 319 g/mol. The SMILES string of the molecule is CCCCN(C)c1ccc(S(C)(=O)=O)cc1S(C)(=O)=O. The van der Waals surface area contributed by atoms with E-state index >= 15 is 0 Å². The highest BCUT2D eigenvalue weighted by Gasteiger charge is 2.19. The van der Waals surface area contributed by atoms with Gasteiger partial charge in [0, 0.05) is 26.1 Å². The average Bonchev–Trinajstić information content (AvgIpc) is 2.33. The van der Waals surface area contributed by atoms with Gasteiger partial charge in [-0.2, -0.15) is 0 Å². The van der Waals surface area contributed by atoms with E-state index in [2.05, 4.69) is 6.92 Å². The zero-order chi connectivity index (χ0) is 15.6. The Kier molecular flexibility index (Phi) is 5.21. The zero-order valence-corrected chi connectivity index (χ0v) is 13.9. The van der Waals surface area contributed by atoms with Crippen molar-refractivity contribution in [3.63, 3.8) is 0 Å². The van der Waals surface area contributed by atoms with Crippen molar-refractivity contribution >= 4 is 25.4 Å². The quantitative estimate of drug-likeness (QED) is 0.798. The van der Waals surface area contributed by atoms with E-state index in [1.165, 1.54) is 12.1 Å². The molecule has 0 aromatic heterocycles. The van der Waals surface area contributed by atoms with Gasteiger partial charge in [0.2, 0.25) is 0 Å². The molecule has 0 bridgehead atoms. The number of anilines is 1. The van der Waals surface area contributed by atoms with Crippen LogP contribution >= 0.6 is 0 Å². The second kappa shape index (κ2) is 6.13. The first kappa shape index (κ1) is 17.0. The van der Waals surface area contributed by atoms with E-state index in [0.717, 1.165) is 31.9 Å². The minimum Gasteiger partial charge on any atom is -0.374 e. The summed E-state index contributed by atoms with van der Waals surface area (Å²) >= 11 is 0. The maximum Gasteiger partial charge on any atom is 0.177 e. The van der Waals surface area contributed by atoms with Gasteiger partial charge in [-0.3, -0.25) is 0 Å². The van der Waals surface area contributed by atoms with E-state index < -0.39 is 19.7 Å². The second-order valence-corrected chi connectivity index (χ2v) is 8.95. The molecule has 1 aromatic rings. The molecule has 20 heavy (non-hydrogen) atoms. The first-order valence-electron chi connectivity index (χ1n) is 6.32. The predicted molar refractivity (Wildman–Crippen MR) is 80.8 cm³/mol. The van der Waals surface area contributed by atoms with Crippen molar-refractivity contribution in [3.8, 4) is 0 Å². The number of unbranched alkanes of at least 4 members (excludes halogenated alkanes) is 1. The number of nitrogens with zero attached hydrogens (tertiary/aromatic N) is 1. The summed E-state index contributed by atoms with van der Waals surface area (Å²) in [7, 11) is -5.12. The molecule has 5 nitrogen and oxygen atoms in total. The summed E-state index contributed by atoms with van der Waals surface area (Å²) in [5, 5.41) is 0. The van der Waals surface area contributed by atoms with Crippen LogP contribution in [0.4, 0.5) is 5.69 Å². The highest BCUT2D eigenvalue weighted by atomic mass is 32.2. The molecule has 0 saturated heterocycles. The van der Waals surface area contributed by atoms with E-state index in [0.29, 0.717) is 5.69 Å². The number of hydrogen-bond acceptors (Lipinski definition) is 5. The van der Waals surface area contributed by atoms with Gasteiger partial charge in [0.1, 0.15) is 0 Å². The molecule has 0 aliphatic carbocycles. The highest BCUT2D eigenvalue weighted by Crippen LogP contribution is 2.27. The first-order valence-corrected chi connectivity index (χ1v) is 10.1. The smallest absolute Gasteiger partial charge is 0.177 e. The predicted octanol–water partition coefficient (Wildman–Crippen LogP) is 1.73. The van der Waals surface area contributed by atoms with Gasteiger partial charge in [0.25, 0.3) is 0 Å². The number of rotatable bonds is 6. The summed E-state index contributed by atoms with van der Waals surface area (Å²) in [5.74, 6) is 0. The van der Waals surface area contributed by atoms with E-state index in [1.54, 1.807) is 13.1 Å². The third-order valence-electron chi connectivity index (χ3n) is 3.02. The molecule has 0 saturated carbocycles. The lowest BCUT2D eigenvalue weighted by molar-refractivity contribution is 0.599. The van der Waals surface area contributed by atoms with Crippen molar-refractivity contribution < 1.29 is 16.8 Å². The van der Waals surface area contributed by atoms with Gasteiger partial charge in [-0.25, -0.2) is 16.8 Å². The van der Waals surface area contributed by atoms with E-state index in [1.807, 2.05) is 4.90 Å². The van der Waals surface area contributed by atoms with Crippen molar-refractivity contribution in [2.75, 3.05) is 31.0 Å². The fourth-order valence-electron chi connectivity index (χ4n) is 1.85. The van der Waals surface area contributed by atoms with E-state index in [9.17, 15) is 16.8 Å². The number of sulfone groups is 2. The summed E-state index contributed by atoms with van der Waals surface area (Å²) in [4.78, 5) is 1.91. The second-order valence-electron chi connectivity index (χ2n) is 4.95. The van der Waals surface area contributed by atoms with Crippen LogP contribution in [0.15, 0.2) is 28.0 Å². The van der Waals surface area contributed by atoms with Crippen molar-refractivity contribution in [1.29, 1.82) is 0 Å². The average molecular weight is 319 g/mol. The van der Waals surface area contributed by atoms with Crippen LogP contribution in [-0.4, -0.2) is 42.9 Å². The van der Waals surface area contributed by atoms with Gasteiger partial charge in [-0.1, -0.05) is 13.3 Å².